The molecule has 0 aromatic rings. The Morgan fingerprint density at radius 3 is 2.07 bits per heavy atom. The molecule has 0 aromatic carbocycles. The van der Waals surface area contributed by atoms with Crippen LogP contribution in [0.15, 0.2) is 0 Å². The number of ether oxygens (including phenoxy) is 1. The number of hydrogen-bond acceptors (Lipinski definition) is 5. The molecule has 8 heteroatoms. The van der Waals surface area contributed by atoms with Crippen molar-refractivity contribution in [2.75, 3.05) is 19.7 Å². The molecule has 4 rings (SSSR count). The second-order valence-corrected chi connectivity index (χ2v) is 8.73. The van der Waals surface area contributed by atoms with Crippen LogP contribution in [-0.4, -0.2) is 49.4 Å². The van der Waals surface area contributed by atoms with Crippen molar-refractivity contribution in [3.05, 3.63) is 0 Å². The molecule has 4 bridgehead atoms. The highest BCUT2D eigenvalue weighted by molar-refractivity contribution is 5.90. The largest absolute Gasteiger partial charge is 0.454 e. The lowest BCUT2D eigenvalue weighted by Crippen LogP contribution is -2.56. The minimum absolute atomic E-state index is 0.0447. The summed E-state index contributed by atoms with van der Waals surface area (Å²) in [5.74, 6) is 0.383. The number of carbonyl (C=O) groups is 4. The van der Waals surface area contributed by atoms with Gasteiger partial charge in [0.1, 0.15) is 6.04 Å². The number of esters is 1. The number of likely N-dealkylation sites (N-methyl/N-ethyl adjacent to an activating group) is 1. The summed E-state index contributed by atoms with van der Waals surface area (Å²) in [5, 5.41) is 7.74. The molecule has 156 valence electrons. The predicted octanol–water partition coefficient (Wildman–Crippen LogP) is 0.503. The molecule has 4 aliphatic carbocycles. The Bertz CT molecular complexity index is 612. The third-order valence-electron chi connectivity index (χ3n) is 6.39. The van der Waals surface area contributed by atoms with Crippen molar-refractivity contribution in [1.29, 1.82) is 0 Å². The highest BCUT2D eigenvalue weighted by Gasteiger charge is 2.54. The summed E-state index contributed by atoms with van der Waals surface area (Å²) in [6.45, 7) is 3.19. The minimum Gasteiger partial charge on any atom is -0.454 e. The third kappa shape index (κ3) is 4.64. The first-order chi connectivity index (χ1) is 13.3. The molecule has 8 nitrogen and oxygen atoms in total. The van der Waals surface area contributed by atoms with Crippen molar-refractivity contribution in [2.45, 2.75) is 58.4 Å². The summed E-state index contributed by atoms with van der Waals surface area (Å²) in [4.78, 5) is 48.1. The van der Waals surface area contributed by atoms with Gasteiger partial charge in [-0.3, -0.25) is 14.4 Å². The normalized spacial score (nSPS) is 31.0. The van der Waals surface area contributed by atoms with E-state index in [2.05, 4.69) is 16.0 Å². The Labute approximate surface area is 165 Å². The molecule has 3 amide bonds. The van der Waals surface area contributed by atoms with Gasteiger partial charge in [-0.25, -0.2) is 4.79 Å². The van der Waals surface area contributed by atoms with Gasteiger partial charge in [0, 0.05) is 12.0 Å². The van der Waals surface area contributed by atoms with Crippen LogP contribution in [0, 0.1) is 23.2 Å². The topological polar surface area (TPSA) is 114 Å². The first-order valence-electron chi connectivity index (χ1n) is 10.3. The molecule has 0 aromatic heterocycles. The van der Waals surface area contributed by atoms with Gasteiger partial charge in [0.2, 0.25) is 11.8 Å². The van der Waals surface area contributed by atoms with Crippen LogP contribution < -0.4 is 16.0 Å². The SMILES string of the molecule is CCNC(=O)CNC(=O)COC(=O)[C@H](C)NC(=O)C12CC3CC(CC(C3)C1)C2. The molecule has 4 aliphatic rings. The predicted molar refractivity (Wildman–Crippen MR) is 101 cm³/mol. The zero-order chi connectivity index (χ0) is 20.3. The zero-order valence-electron chi connectivity index (χ0n) is 16.7. The molecule has 4 fully saturated rings. The molecule has 0 unspecified atom stereocenters. The van der Waals surface area contributed by atoms with Gasteiger partial charge in [0.05, 0.1) is 6.54 Å². The highest BCUT2D eigenvalue weighted by atomic mass is 16.5. The second kappa shape index (κ2) is 8.49. The van der Waals surface area contributed by atoms with Crippen LogP contribution in [-0.2, 0) is 23.9 Å². The van der Waals surface area contributed by atoms with Gasteiger partial charge in [0.15, 0.2) is 6.61 Å². The van der Waals surface area contributed by atoms with E-state index in [0.29, 0.717) is 24.3 Å². The van der Waals surface area contributed by atoms with E-state index in [4.69, 9.17) is 4.74 Å². The summed E-state index contributed by atoms with van der Waals surface area (Å²) in [6.07, 6.45) is 6.51. The monoisotopic (exact) mass is 393 g/mol. The summed E-state index contributed by atoms with van der Waals surface area (Å²) < 4.78 is 4.98. The number of carbonyl (C=O) groups excluding carboxylic acids is 4. The minimum atomic E-state index is -0.809. The molecular formula is C20H31N3O5. The number of nitrogens with one attached hydrogen (secondary N) is 3. The molecule has 4 saturated carbocycles. The van der Waals surface area contributed by atoms with E-state index in [0.717, 1.165) is 19.3 Å². The maximum absolute atomic E-state index is 12.9. The van der Waals surface area contributed by atoms with Gasteiger partial charge >= 0.3 is 5.97 Å². The van der Waals surface area contributed by atoms with Crippen molar-refractivity contribution in [3.8, 4) is 0 Å². The first kappa shape index (κ1) is 20.6. The van der Waals surface area contributed by atoms with E-state index in [1.165, 1.54) is 19.3 Å². The second-order valence-electron chi connectivity index (χ2n) is 8.73. The van der Waals surface area contributed by atoms with E-state index in [9.17, 15) is 19.2 Å². The fourth-order valence-electron chi connectivity index (χ4n) is 5.55. The average Bonchev–Trinajstić information content (AvgIpc) is 2.63. The van der Waals surface area contributed by atoms with Crippen LogP contribution in [0.5, 0.6) is 0 Å². The van der Waals surface area contributed by atoms with Crippen molar-refractivity contribution in [1.82, 2.24) is 16.0 Å². The van der Waals surface area contributed by atoms with E-state index >= 15 is 0 Å². The van der Waals surface area contributed by atoms with E-state index in [-0.39, 0.29) is 23.8 Å². The molecule has 0 spiro atoms. The van der Waals surface area contributed by atoms with Gasteiger partial charge in [-0.15, -0.1) is 0 Å². The smallest absolute Gasteiger partial charge is 0.328 e. The van der Waals surface area contributed by atoms with Crippen LogP contribution in [0.4, 0.5) is 0 Å². The fourth-order valence-corrected chi connectivity index (χ4v) is 5.55. The number of rotatable bonds is 8. The molecule has 3 N–H and O–H groups in total. The first-order valence-corrected chi connectivity index (χ1v) is 10.3. The zero-order valence-corrected chi connectivity index (χ0v) is 16.7. The van der Waals surface area contributed by atoms with Gasteiger partial charge < -0.3 is 20.7 Å². The summed E-state index contributed by atoms with van der Waals surface area (Å²) >= 11 is 0. The summed E-state index contributed by atoms with van der Waals surface area (Å²) in [6, 6.07) is -0.809. The quantitative estimate of drug-likeness (QED) is 0.520. The fraction of sp³-hybridized carbons (Fsp3) is 0.800. The molecule has 0 radical (unpaired) electrons. The Morgan fingerprint density at radius 1 is 0.964 bits per heavy atom. The van der Waals surface area contributed by atoms with Crippen molar-refractivity contribution in [2.24, 2.45) is 23.2 Å². The lowest BCUT2D eigenvalue weighted by atomic mass is 9.49. The van der Waals surface area contributed by atoms with Crippen LogP contribution >= 0.6 is 0 Å². The Balaban J connectivity index is 1.42. The Hall–Kier alpha value is -2.12. The molecule has 0 heterocycles. The van der Waals surface area contributed by atoms with Crippen LogP contribution in [0.1, 0.15) is 52.4 Å². The summed E-state index contributed by atoms with van der Waals surface area (Å²) in [5.41, 5.74) is -0.326. The average molecular weight is 393 g/mol. The Kier molecular flexibility index (Phi) is 6.25. The molecule has 1 atom stereocenters. The van der Waals surface area contributed by atoms with E-state index in [1.54, 1.807) is 13.8 Å². The van der Waals surface area contributed by atoms with Crippen LogP contribution in [0.3, 0.4) is 0 Å². The lowest BCUT2D eigenvalue weighted by Gasteiger charge is -2.55. The molecule has 0 saturated heterocycles. The van der Waals surface area contributed by atoms with E-state index < -0.39 is 24.5 Å². The van der Waals surface area contributed by atoms with Gasteiger partial charge in [-0.05, 0) is 70.1 Å². The van der Waals surface area contributed by atoms with Gasteiger partial charge in [0.25, 0.3) is 5.91 Å². The van der Waals surface area contributed by atoms with Crippen molar-refractivity contribution >= 4 is 23.7 Å². The van der Waals surface area contributed by atoms with Crippen LogP contribution in [0.25, 0.3) is 0 Å². The van der Waals surface area contributed by atoms with Crippen LogP contribution in [0.2, 0.25) is 0 Å². The summed E-state index contributed by atoms with van der Waals surface area (Å²) in [7, 11) is 0. The van der Waals surface area contributed by atoms with E-state index in [1.807, 2.05) is 0 Å². The molecule has 28 heavy (non-hydrogen) atoms. The maximum Gasteiger partial charge on any atom is 0.328 e. The van der Waals surface area contributed by atoms with Crippen molar-refractivity contribution < 1.29 is 23.9 Å². The molecular weight excluding hydrogens is 362 g/mol. The standard InChI is InChI=1S/C20H31N3O5/c1-3-21-16(24)10-22-17(25)11-28-18(26)12(2)23-19(27)20-7-13-4-14(8-20)6-15(5-13)9-20/h12-15H,3-11H2,1-2H3,(H,21,24)(H,22,25)(H,23,27)/t12-,13?,14?,15?,20?/m0/s1. The van der Waals surface area contributed by atoms with Crippen molar-refractivity contribution in [3.63, 3.8) is 0 Å². The highest BCUT2D eigenvalue weighted by Crippen LogP contribution is 2.60. The number of amides is 3. The molecule has 0 aliphatic heterocycles. The Morgan fingerprint density at radius 2 is 1.54 bits per heavy atom. The number of hydrogen-bond donors (Lipinski definition) is 3. The maximum atomic E-state index is 12.9. The third-order valence-corrected chi connectivity index (χ3v) is 6.39. The van der Waals surface area contributed by atoms with Gasteiger partial charge in [-0.1, -0.05) is 0 Å². The lowest BCUT2D eigenvalue weighted by molar-refractivity contribution is -0.155. The van der Waals surface area contributed by atoms with Gasteiger partial charge in [-0.2, -0.15) is 0 Å².